The molecule has 1 saturated carbocycles. The van der Waals surface area contributed by atoms with E-state index >= 15 is 0 Å². The summed E-state index contributed by atoms with van der Waals surface area (Å²) in [4.78, 5) is 37.7. The van der Waals surface area contributed by atoms with Crippen LogP contribution in [0.2, 0.25) is 0 Å². The second-order valence-corrected chi connectivity index (χ2v) is 9.59. The highest BCUT2D eigenvalue weighted by Crippen LogP contribution is 2.32. The van der Waals surface area contributed by atoms with E-state index in [1.165, 1.54) is 19.3 Å². The van der Waals surface area contributed by atoms with Crippen LogP contribution >= 0.6 is 0 Å². The van der Waals surface area contributed by atoms with Gasteiger partial charge in [-0.2, -0.15) is 0 Å². The Kier molecular flexibility index (Phi) is 7.59. The standard InChI is InChI=1S/C25H34N2O5/c1-5-19-20(22(28)31-15-16-10-7-6-8-11-16)21(27-24(30)26-19)17-12-9-13-18(14-17)32-23(29)25(2,3)4/h9,12-14,16,21H,5-8,10-11,15H2,1-4H3,(H2,26,27,30)/t21-/m0/s1. The van der Waals surface area contributed by atoms with Gasteiger partial charge in [-0.1, -0.05) is 38.3 Å². The number of rotatable bonds is 6. The van der Waals surface area contributed by atoms with Gasteiger partial charge in [0.1, 0.15) is 5.75 Å². The van der Waals surface area contributed by atoms with E-state index in [0.717, 1.165) is 12.8 Å². The van der Waals surface area contributed by atoms with Gasteiger partial charge in [-0.05, 0) is 63.6 Å². The van der Waals surface area contributed by atoms with Gasteiger partial charge in [0.25, 0.3) is 0 Å². The van der Waals surface area contributed by atoms with E-state index in [-0.39, 0.29) is 12.0 Å². The molecule has 0 spiro atoms. The van der Waals surface area contributed by atoms with Crippen molar-refractivity contribution < 1.29 is 23.9 Å². The average molecular weight is 443 g/mol. The fourth-order valence-electron chi connectivity index (χ4n) is 4.03. The average Bonchev–Trinajstić information content (AvgIpc) is 2.77. The molecule has 2 aliphatic rings. The molecule has 0 radical (unpaired) electrons. The Morgan fingerprint density at radius 3 is 2.50 bits per heavy atom. The number of hydrogen-bond donors (Lipinski definition) is 2. The van der Waals surface area contributed by atoms with Crippen molar-refractivity contribution in [2.24, 2.45) is 11.3 Å². The van der Waals surface area contributed by atoms with Crippen LogP contribution in [0.1, 0.15) is 77.8 Å². The van der Waals surface area contributed by atoms with E-state index in [2.05, 4.69) is 10.6 Å². The van der Waals surface area contributed by atoms with Crippen molar-refractivity contribution in [1.29, 1.82) is 0 Å². The SMILES string of the molecule is CCC1=C(C(=O)OCC2CCCCC2)[C@H](c2cccc(OC(=O)C(C)(C)C)c2)NC(=O)N1. The Labute approximate surface area is 189 Å². The van der Waals surface area contributed by atoms with Gasteiger partial charge < -0.3 is 20.1 Å². The van der Waals surface area contributed by atoms with Gasteiger partial charge in [0, 0.05) is 5.70 Å². The van der Waals surface area contributed by atoms with Crippen molar-refractivity contribution in [2.45, 2.75) is 72.3 Å². The van der Waals surface area contributed by atoms with Crippen LogP contribution in [0.3, 0.4) is 0 Å². The maximum absolute atomic E-state index is 13.1. The monoisotopic (exact) mass is 442 g/mol. The van der Waals surface area contributed by atoms with Gasteiger partial charge in [0.2, 0.25) is 0 Å². The van der Waals surface area contributed by atoms with Crippen LogP contribution in [0.4, 0.5) is 4.79 Å². The summed E-state index contributed by atoms with van der Waals surface area (Å²) < 4.78 is 11.2. The fraction of sp³-hybridized carbons (Fsp3) is 0.560. The van der Waals surface area contributed by atoms with E-state index in [0.29, 0.717) is 41.5 Å². The third-order valence-electron chi connectivity index (χ3n) is 5.92. The van der Waals surface area contributed by atoms with Gasteiger partial charge in [0.15, 0.2) is 0 Å². The van der Waals surface area contributed by atoms with Crippen molar-refractivity contribution in [3.63, 3.8) is 0 Å². The predicted octanol–water partition coefficient (Wildman–Crippen LogP) is 4.78. The first-order valence-electron chi connectivity index (χ1n) is 11.5. The molecule has 1 aromatic rings. The lowest BCUT2D eigenvalue weighted by Gasteiger charge is -2.30. The van der Waals surface area contributed by atoms with Crippen LogP contribution in [-0.2, 0) is 14.3 Å². The maximum atomic E-state index is 13.1. The largest absolute Gasteiger partial charge is 0.462 e. The van der Waals surface area contributed by atoms with E-state index in [9.17, 15) is 14.4 Å². The number of benzene rings is 1. The molecule has 32 heavy (non-hydrogen) atoms. The Bertz CT molecular complexity index is 894. The molecule has 1 aromatic carbocycles. The van der Waals surface area contributed by atoms with Crippen LogP contribution in [0.5, 0.6) is 5.75 Å². The molecule has 0 saturated heterocycles. The molecule has 3 rings (SSSR count). The van der Waals surface area contributed by atoms with Gasteiger partial charge in [0.05, 0.1) is 23.6 Å². The third kappa shape index (κ3) is 5.90. The smallest absolute Gasteiger partial charge is 0.338 e. The van der Waals surface area contributed by atoms with Crippen LogP contribution in [-0.4, -0.2) is 24.6 Å². The van der Waals surface area contributed by atoms with E-state index in [4.69, 9.17) is 9.47 Å². The summed E-state index contributed by atoms with van der Waals surface area (Å²) in [5.41, 5.74) is 0.934. The number of amides is 2. The molecule has 2 N–H and O–H groups in total. The van der Waals surface area contributed by atoms with Crippen molar-refractivity contribution in [3.05, 3.63) is 41.1 Å². The predicted molar refractivity (Wildman–Crippen MR) is 121 cm³/mol. The maximum Gasteiger partial charge on any atom is 0.338 e. The molecule has 174 valence electrons. The number of carbonyl (C=O) groups excluding carboxylic acids is 3. The number of ether oxygens (including phenoxy) is 2. The highest BCUT2D eigenvalue weighted by molar-refractivity contribution is 5.95. The van der Waals surface area contributed by atoms with Crippen LogP contribution in [0.25, 0.3) is 0 Å². The summed E-state index contributed by atoms with van der Waals surface area (Å²) in [5.74, 6) is -0.0332. The molecule has 2 amide bonds. The first-order chi connectivity index (χ1) is 15.2. The Balaban J connectivity index is 1.84. The van der Waals surface area contributed by atoms with Crippen LogP contribution in [0.15, 0.2) is 35.5 Å². The summed E-state index contributed by atoms with van der Waals surface area (Å²) in [5, 5.41) is 5.57. The minimum absolute atomic E-state index is 0.360. The Morgan fingerprint density at radius 1 is 1.12 bits per heavy atom. The summed E-state index contributed by atoms with van der Waals surface area (Å²) in [7, 11) is 0. The Hall–Kier alpha value is -2.83. The lowest BCUT2D eigenvalue weighted by atomic mass is 9.90. The number of esters is 2. The number of hydrogen-bond acceptors (Lipinski definition) is 5. The third-order valence-corrected chi connectivity index (χ3v) is 5.92. The van der Waals surface area contributed by atoms with Crippen LogP contribution < -0.4 is 15.4 Å². The van der Waals surface area contributed by atoms with Gasteiger partial charge in [-0.15, -0.1) is 0 Å². The second-order valence-electron chi connectivity index (χ2n) is 9.59. The molecule has 7 nitrogen and oxygen atoms in total. The van der Waals surface area contributed by atoms with E-state index in [1.54, 1.807) is 45.0 Å². The molecule has 0 unspecified atom stereocenters. The lowest BCUT2D eigenvalue weighted by molar-refractivity contribution is -0.143. The topological polar surface area (TPSA) is 93.7 Å². The zero-order valence-corrected chi connectivity index (χ0v) is 19.5. The molecular formula is C25H34N2O5. The molecule has 1 heterocycles. The number of urea groups is 1. The molecule has 0 aromatic heterocycles. The first kappa shape index (κ1) is 23.8. The zero-order chi connectivity index (χ0) is 23.3. The van der Waals surface area contributed by atoms with Crippen molar-refractivity contribution in [3.8, 4) is 5.75 Å². The van der Waals surface area contributed by atoms with Crippen molar-refractivity contribution >= 4 is 18.0 Å². The fourth-order valence-corrected chi connectivity index (χ4v) is 4.03. The van der Waals surface area contributed by atoms with Crippen LogP contribution in [0, 0.1) is 11.3 Å². The lowest BCUT2D eigenvalue weighted by Crippen LogP contribution is -2.46. The summed E-state index contributed by atoms with van der Waals surface area (Å²) in [6.07, 6.45) is 6.22. The Morgan fingerprint density at radius 2 is 1.84 bits per heavy atom. The zero-order valence-electron chi connectivity index (χ0n) is 19.5. The van der Waals surface area contributed by atoms with Crippen molar-refractivity contribution in [1.82, 2.24) is 10.6 Å². The normalized spacial score (nSPS) is 19.8. The summed E-state index contributed by atoms with van der Waals surface area (Å²) in [6.45, 7) is 7.62. The molecule has 1 aliphatic heterocycles. The second kappa shape index (κ2) is 10.2. The minimum Gasteiger partial charge on any atom is -0.462 e. The van der Waals surface area contributed by atoms with Crippen molar-refractivity contribution in [2.75, 3.05) is 6.61 Å². The molecule has 7 heteroatoms. The molecule has 1 fully saturated rings. The van der Waals surface area contributed by atoms with E-state index in [1.807, 2.05) is 6.92 Å². The number of allylic oxidation sites excluding steroid dienone is 1. The molecule has 1 aliphatic carbocycles. The highest BCUT2D eigenvalue weighted by atomic mass is 16.5. The van der Waals surface area contributed by atoms with Gasteiger partial charge in [-0.3, -0.25) is 4.79 Å². The van der Waals surface area contributed by atoms with Gasteiger partial charge in [-0.25, -0.2) is 9.59 Å². The van der Waals surface area contributed by atoms with Gasteiger partial charge >= 0.3 is 18.0 Å². The van der Waals surface area contributed by atoms with E-state index < -0.39 is 17.4 Å². The molecule has 0 bridgehead atoms. The first-order valence-corrected chi connectivity index (χ1v) is 11.5. The quantitative estimate of drug-likeness (QED) is 0.488. The number of carbonyl (C=O) groups is 3. The molecular weight excluding hydrogens is 408 g/mol. The molecule has 1 atom stereocenters. The summed E-state index contributed by atoms with van der Waals surface area (Å²) >= 11 is 0. The number of nitrogens with one attached hydrogen (secondary N) is 2. The highest BCUT2D eigenvalue weighted by Gasteiger charge is 2.34. The summed E-state index contributed by atoms with van der Waals surface area (Å²) in [6, 6.07) is 5.83. The minimum atomic E-state index is -0.689.